The van der Waals surface area contributed by atoms with Gasteiger partial charge in [0.25, 0.3) is 0 Å². The van der Waals surface area contributed by atoms with E-state index in [1.807, 2.05) is 0 Å². The molecule has 0 radical (unpaired) electrons. The first-order chi connectivity index (χ1) is 7.41. The van der Waals surface area contributed by atoms with E-state index >= 15 is 0 Å². The lowest BCUT2D eigenvalue weighted by molar-refractivity contribution is -0.197. The van der Waals surface area contributed by atoms with Crippen molar-refractivity contribution in [1.82, 2.24) is 0 Å². The minimum absolute atomic E-state index is 0.620. The van der Waals surface area contributed by atoms with Gasteiger partial charge in [-0.2, -0.15) is 0 Å². The third-order valence-corrected chi connectivity index (χ3v) is 3.28. The third-order valence-electron chi connectivity index (χ3n) is 3.28. The summed E-state index contributed by atoms with van der Waals surface area (Å²) < 4.78 is 5.57. The molecule has 98 valence electrons. The molecule has 0 bridgehead atoms. The molecule has 1 unspecified atom stereocenters. The van der Waals surface area contributed by atoms with Crippen LogP contribution in [0.25, 0.3) is 0 Å². The molecule has 0 aromatic carbocycles. The van der Waals surface area contributed by atoms with Crippen molar-refractivity contribution in [2.45, 2.75) is 72.5 Å². The molecule has 0 amide bonds. The summed E-state index contributed by atoms with van der Waals surface area (Å²) in [7, 11) is 0. The van der Waals surface area contributed by atoms with Gasteiger partial charge in [-0.05, 0) is 31.6 Å². The molecule has 0 aliphatic carbocycles. The second-order valence-electron chi connectivity index (χ2n) is 5.43. The normalized spacial score (nSPS) is 15.8. The number of ether oxygens (including phenoxy) is 1. The van der Waals surface area contributed by atoms with Gasteiger partial charge >= 0.3 is 0 Å². The minimum atomic E-state index is -0.934. The summed E-state index contributed by atoms with van der Waals surface area (Å²) >= 11 is 0. The second kappa shape index (κ2) is 8.08. The number of hydrogen-bond donors (Lipinski definition) is 1. The molecule has 2 heteroatoms. The SMILES string of the molecule is CCC(CC)CCOC(C)(O)CCC(C)C. The van der Waals surface area contributed by atoms with E-state index in [4.69, 9.17) is 4.74 Å². The largest absolute Gasteiger partial charge is 0.366 e. The van der Waals surface area contributed by atoms with Gasteiger partial charge in [-0.3, -0.25) is 0 Å². The van der Waals surface area contributed by atoms with Gasteiger partial charge in [0, 0.05) is 6.42 Å². The zero-order valence-electron chi connectivity index (χ0n) is 11.8. The number of hydrogen-bond acceptors (Lipinski definition) is 2. The van der Waals surface area contributed by atoms with Crippen molar-refractivity contribution in [3.63, 3.8) is 0 Å². The van der Waals surface area contributed by atoms with Crippen LogP contribution < -0.4 is 0 Å². The first-order valence-corrected chi connectivity index (χ1v) is 6.77. The molecule has 0 spiro atoms. The van der Waals surface area contributed by atoms with Gasteiger partial charge in [-0.25, -0.2) is 0 Å². The van der Waals surface area contributed by atoms with Crippen LogP contribution in [0, 0.1) is 11.8 Å². The smallest absolute Gasteiger partial charge is 0.162 e. The summed E-state index contributed by atoms with van der Waals surface area (Å²) in [5.41, 5.74) is 0. The summed E-state index contributed by atoms with van der Waals surface area (Å²) in [6.07, 6.45) is 5.21. The highest BCUT2D eigenvalue weighted by Crippen LogP contribution is 2.20. The highest BCUT2D eigenvalue weighted by molar-refractivity contribution is 4.63. The third kappa shape index (κ3) is 8.12. The Morgan fingerprint density at radius 1 is 1.12 bits per heavy atom. The van der Waals surface area contributed by atoms with E-state index in [1.165, 1.54) is 12.8 Å². The topological polar surface area (TPSA) is 29.5 Å². The van der Waals surface area contributed by atoms with Crippen molar-refractivity contribution in [2.75, 3.05) is 6.61 Å². The summed E-state index contributed by atoms with van der Waals surface area (Å²) in [6.45, 7) is 11.2. The van der Waals surface area contributed by atoms with Gasteiger partial charge in [-0.1, -0.05) is 40.5 Å². The number of aliphatic hydroxyl groups is 1. The Labute approximate surface area is 101 Å². The van der Waals surface area contributed by atoms with E-state index < -0.39 is 5.79 Å². The molecular formula is C14H30O2. The fourth-order valence-electron chi connectivity index (χ4n) is 1.77. The van der Waals surface area contributed by atoms with Crippen LogP contribution in [0.4, 0.5) is 0 Å². The number of rotatable bonds is 9. The predicted octanol–water partition coefficient (Wildman–Crippen LogP) is 3.97. The lowest BCUT2D eigenvalue weighted by atomic mass is 10.00. The average molecular weight is 230 g/mol. The van der Waals surface area contributed by atoms with Gasteiger partial charge in [-0.15, -0.1) is 0 Å². The van der Waals surface area contributed by atoms with Crippen molar-refractivity contribution < 1.29 is 9.84 Å². The second-order valence-corrected chi connectivity index (χ2v) is 5.43. The molecule has 0 aliphatic heterocycles. The van der Waals surface area contributed by atoms with Crippen molar-refractivity contribution >= 4 is 0 Å². The molecule has 0 saturated heterocycles. The van der Waals surface area contributed by atoms with Crippen molar-refractivity contribution in [3.05, 3.63) is 0 Å². The van der Waals surface area contributed by atoms with Crippen molar-refractivity contribution in [1.29, 1.82) is 0 Å². The Balaban J connectivity index is 3.72. The van der Waals surface area contributed by atoms with Crippen LogP contribution in [-0.4, -0.2) is 17.5 Å². The molecule has 0 aromatic rings. The van der Waals surface area contributed by atoms with Crippen LogP contribution in [0.15, 0.2) is 0 Å². The highest BCUT2D eigenvalue weighted by Gasteiger charge is 2.21. The van der Waals surface area contributed by atoms with Crippen LogP contribution in [0.3, 0.4) is 0 Å². The minimum Gasteiger partial charge on any atom is -0.366 e. The van der Waals surface area contributed by atoms with Crippen LogP contribution in [-0.2, 0) is 4.74 Å². The highest BCUT2D eigenvalue weighted by atomic mass is 16.6. The zero-order chi connectivity index (χ0) is 12.6. The molecule has 1 N–H and O–H groups in total. The van der Waals surface area contributed by atoms with Gasteiger partial charge in [0.05, 0.1) is 6.61 Å². The quantitative estimate of drug-likeness (QED) is 0.607. The molecule has 1 atom stereocenters. The van der Waals surface area contributed by atoms with Crippen LogP contribution >= 0.6 is 0 Å². The first kappa shape index (κ1) is 15.9. The lowest BCUT2D eigenvalue weighted by Crippen LogP contribution is -2.29. The average Bonchev–Trinajstić information content (AvgIpc) is 2.22. The van der Waals surface area contributed by atoms with E-state index in [2.05, 4.69) is 27.7 Å². The van der Waals surface area contributed by atoms with Gasteiger partial charge in [0.1, 0.15) is 0 Å². The van der Waals surface area contributed by atoms with E-state index in [0.29, 0.717) is 12.5 Å². The maximum absolute atomic E-state index is 10.00. The Morgan fingerprint density at radius 3 is 2.12 bits per heavy atom. The molecule has 0 aromatic heterocycles. The Hall–Kier alpha value is -0.0800. The molecule has 0 saturated carbocycles. The molecule has 0 rings (SSSR count). The predicted molar refractivity (Wildman–Crippen MR) is 69.3 cm³/mol. The summed E-state index contributed by atoms with van der Waals surface area (Å²) in [5, 5.41) is 10.00. The fourth-order valence-corrected chi connectivity index (χ4v) is 1.77. The molecule has 0 aliphatic rings. The molecule has 0 fully saturated rings. The van der Waals surface area contributed by atoms with E-state index in [0.717, 1.165) is 25.2 Å². The fraction of sp³-hybridized carbons (Fsp3) is 1.00. The van der Waals surface area contributed by atoms with Gasteiger partial charge in [0.15, 0.2) is 5.79 Å². The van der Waals surface area contributed by atoms with Crippen LogP contribution in [0.2, 0.25) is 0 Å². The van der Waals surface area contributed by atoms with Crippen LogP contribution in [0.5, 0.6) is 0 Å². The summed E-state index contributed by atoms with van der Waals surface area (Å²) in [6, 6.07) is 0. The van der Waals surface area contributed by atoms with Crippen molar-refractivity contribution in [3.8, 4) is 0 Å². The maximum atomic E-state index is 10.00. The zero-order valence-corrected chi connectivity index (χ0v) is 11.8. The van der Waals surface area contributed by atoms with Gasteiger partial charge < -0.3 is 9.84 Å². The Morgan fingerprint density at radius 2 is 1.69 bits per heavy atom. The van der Waals surface area contributed by atoms with E-state index in [1.54, 1.807) is 6.92 Å². The first-order valence-electron chi connectivity index (χ1n) is 6.77. The summed E-state index contributed by atoms with van der Waals surface area (Å²) in [5.74, 6) is 0.422. The van der Waals surface area contributed by atoms with Crippen LogP contribution in [0.1, 0.15) is 66.7 Å². The summed E-state index contributed by atoms with van der Waals surface area (Å²) in [4.78, 5) is 0. The van der Waals surface area contributed by atoms with Gasteiger partial charge in [0.2, 0.25) is 0 Å². The van der Waals surface area contributed by atoms with E-state index in [9.17, 15) is 5.11 Å². The maximum Gasteiger partial charge on any atom is 0.162 e. The monoisotopic (exact) mass is 230 g/mol. The molecular weight excluding hydrogens is 200 g/mol. The Bertz CT molecular complexity index is 160. The molecule has 0 heterocycles. The van der Waals surface area contributed by atoms with E-state index in [-0.39, 0.29) is 0 Å². The molecule has 2 nitrogen and oxygen atoms in total. The van der Waals surface area contributed by atoms with Crippen molar-refractivity contribution in [2.24, 2.45) is 11.8 Å². The standard InChI is InChI=1S/C14H30O2/c1-6-13(7-2)9-11-16-14(5,15)10-8-12(3)4/h12-13,15H,6-11H2,1-5H3. The Kier molecular flexibility index (Phi) is 8.04. The molecule has 16 heavy (non-hydrogen) atoms. The lowest BCUT2D eigenvalue weighted by Gasteiger charge is -2.25.